The largest absolute Gasteiger partial charge is 0.381 e. The van der Waals surface area contributed by atoms with Crippen LogP contribution in [-0.4, -0.2) is 28.2 Å². The van der Waals surface area contributed by atoms with Gasteiger partial charge in [0, 0.05) is 26.5 Å². The van der Waals surface area contributed by atoms with Gasteiger partial charge in [-0.15, -0.1) is 0 Å². The molecule has 0 unspecified atom stereocenters. The predicted molar refractivity (Wildman–Crippen MR) is 47.7 cm³/mol. The molecule has 0 aliphatic heterocycles. The maximum atomic E-state index is 5.68. The number of imidazole rings is 2. The lowest BCUT2D eigenvalue weighted by molar-refractivity contribution is 0.758. The van der Waals surface area contributed by atoms with Gasteiger partial charge in [0.15, 0.2) is 11.5 Å². The van der Waals surface area contributed by atoms with Crippen molar-refractivity contribution in [3.63, 3.8) is 0 Å². The monoisotopic (exact) mass is 165 g/mol. The molecule has 0 aliphatic rings. The third-order valence-corrected chi connectivity index (χ3v) is 1.81. The second-order valence-corrected chi connectivity index (χ2v) is 2.85. The molecule has 0 aliphatic carbocycles. The molecule has 12 heavy (non-hydrogen) atoms. The van der Waals surface area contributed by atoms with E-state index in [0.717, 1.165) is 5.65 Å². The second-order valence-electron chi connectivity index (χ2n) is 2.85. The van der Waals surface area contributed by atoms with Crippen molar-refractivity contribution in [2.45, 2.75) is 0 Å². The molecule has 0 bridgehead atoms. The number of nitrogens with zero attached hydrogens (tertiary/aromatic N) is 4. The van der Waals surface area contributed by atoms with Gasteiger partial charge in [-0.2, -0.15) is 0 Å². The molecule has 2 heterocycles. The quantitative estimate of drug-likeness (QED) is 0.642. The minimum atomic E-state index is 0.550. The van der Waals surface area contributed by atoms with Crippen molar-refractivity contribution in [2.24, 2.45) is 0 Å². The van der Waals surface area contributed by atoms with Crippen LogP contribution in [0.25, 0.3) is 5.65 Å². The first-order chi connectivity index (χ1) is 5.70. The van der Waals surface area contributed by atoms with Crippen molar-refractivity contribution < 1.29 is 0 Å². The van der Waals surface area contributed by atoms with Gasteiger partial charge in [0.25, 0.3) is 0 Å². The molecule has 64 valence electrons. The van der Waals surface area contributed by atoms with Crippen LogP contribution in [0.3, 0.4) is 0 Å². The highest BCUT2D eigenvalue weighted by Gasteiger charge is 2.06. The summed E-state index contributed by atoms with van der Waals surface area (Å²) < 4.78 is 3.82. The molecule has 0 spiro atoms. The van der Waals surface area contributed by atoms with Crippen molar-refractivity contribution >= 4 is 11.5 Å². The van der Waals surface area contributed by atoms with Crippen LogP contribution in [0.5, 0.6) is 0 Å². The summed E-state index contributed by atoms with van der Waals surface area (Å²) in [5.41, 5.74) is 6.58. The van der Waals surface area contributed by atoms with Gasteiger partial charge in [0.05, 0.1) is 0 Å². The Morgan fingerprint density at radius 3 is 2.83 bits per heavy atom. The molecule has 0 atom stereocenters. The Labute approximate surface area is 70.0 Å². The standard InChI is InChI=1S/C7H11N5/c1-10(2)12-4-3-11-5-9-6(8)7(11)12/h3-5H,8H2,1-2H3. The fourth-order valence-electron chi connectivity index (χ4n) is 1.24. The van der Waals surface area contributed by atoms with Crippen LogP contribution >= 0.6 is 0 Å². The van der Waals surface area contributed by atoms with E-state index in [1.165, 1.54) is 0 Å². The number of aromatic nitrogens is 3. The minimum Gasteiger partial charge on any atom is -0.381 e. The summed E-state index contributed by atoms with van der Waals surface area (Å²) in [5, 5.41) is 1.94. The van der Waals surface area contributed by atoms with Crippen molar-refractivity contribution in [3.05, 3.63) is 18.7 Å². The first kappa shape index (κ1) is 7.02. The predicted octanol–water partition coefficient (Wildman–Crippen LogP) is -0.0844. The number of hydrogen-bond donors (Lipinski definition) is 1. The highest BCUT2D eigenvalue weighted by Crippen LogP contribution is 2.11. The highest BCUT2D eigenvalue weighted by atomic mass is 15.5. The van der Waals surface area contributed by atoms with Gasteiger partial charge in [-0.1, -0.05) is 0 Å². The average molecular weight is 165 g/mol. The maximum absolute atomic E-state index is 5.68. The summed E-state index contributed by atoms with van der Waals surface area (Å²) in [6.45, 7) is 0. The minimum absolute atomic E-state index is 0.550. The summed E-state index contributed by atoms with van der Waals surface area (Å²) in [6.07, 6.45) is 5.55. The molecule has 0 radical (unpaired) electrons. The summed E-state index contributed by atoms with van der Waals surface area (Å²) in [5.74, 6) is 0.550. The van der Waals surface area contributed by atoms with Crippen molar-refractivity contribution in [3.8, 4) is 0 Å². The van der Waals surface area contributed by atoms with Gasteiger partial charge in [0.2, 0.25) is 0 Å². The number of rotatable bonds is 1. The van der Waals surface area contributed by atoms with Gasteiger partial charge in [-0.3, -0.25) is 4.40 Å². The zero-order chi connectivity index (χ0) is 8.72. The van der Waals surface area contributed by atoms with Crippen LogP contribution in [0.2, 0.25) is 0 Å². The van der Waals surface area contributed by atoms with Gasteiger partial charge in [-0.05, 0) is 0 Å². The molecule has 5 nitrogen and oxygen atoms in total. The van der Waals surface area contributed by atoms with Crippen molar-refractivity contribution in [1.82, 2.24) is 14.1 Å². The van der Waals surface area contributed by atoms with E-state index in [0.29, 0.717) is 5.82 Å². The zero-order valence-electron chi connectivity index (χ0n) is 7.10. The molecule has 0 saturated heterocycles. The molecule has 0 amide bonds. The van der Waals surface area contributed by atoms with Gasteiger partial charge in [-0.25, -0.2) is 9.66 Å². The topological polar surface area (TPSA) is 51.5 Å². The Bertz CT molecular complexity index is 397. The van der Waals surface area contributed by atoms with Gasteiger partial charge in [0.1, 0.15) is 6.33 Å². The van der Waals surface area contributed by atoms with Crippen molar-refractivity contribution in [1.29, 1.82) is 0 Å². The molecule has 2 aromatic rings. The van der Waals surface area contributed by atoms with Crippen molar-refractivity contribution in [2.75, 3.05) is 24.8 Å². The van der Waals surface area contributed by atoms with Crippen LogP contribution < -0.4 is 10.7 Å². The number of nitrogens with two attached hydrogens (primary N) is 1. The number of nitrogen functional groups attached to an aromatic ring is 1. The summed E-state index contributed by atoms with van der Waals surface area (Å²) in [4.78, 5) is 3.99. The van der Waals surface area contributed by atoms with Gasteiger partial charge < -0.3 is 10.7 Å². The molecule has 0 aromatic carbocycles. The molecule has 2 aromatic heterocycles. The Morgan fingerprint density at radius 2 is 2.17 bits per heavy atom. The van der Waals surface area contributed by atoms with E-state index in [1.54, 1.807) is 6.33 Å². The fraction of sp³-hybridized carbons (Fsp3) is 0.286. The van der Waals surface area contributed by atoms with E-state index < -0.39 is 0 Å². The maximum Gasteiger partial charge on any atom is 0.180 e. The smallest absolute Gasteiger partial charge is 0.180 e. The molecule has 2 rings (SSSR count). The Morgan fingerprint density at radius 1 is 1.42 bits per heavy atom. The molecule has 0 fully saturated rings. The summed E-state index contributed by atoms with van der Waals surface area (Å²) in [6, 6.07) is 0. The average Bonchev–Trinajstić information content (AvgIpc) is 2.53. The van der Waals surface area contributed by atoms with E-state index in [9.17, 15) is 0 Å². The third kappa shape index (κ3) is 0.761. The number of fused-ring (bicyclic) bond motifs is 1. The number of anilines is 1. The lowest BCUT2D eigenvalue weighted by Crippen LogP contribution is -2.23. The van der Waals surface area contributed by atoms with Crippen LogP contribution in [0.15, 0.2) is 18.7 Å². The van der Waals surface area contributed by atoms with Crippen LogP contribution in [-0.2, 0) is 0 Å². The lowest BCUT2D eigenvalue weighted by Gasteiger charge is -2.13. The lowest BCUT2D eigenvalue weighted by atomic mass is 10.7. The second kappa shape index (κ2) is 2.17. The van der Waals surface area contributed by atoms with E-state index in [1.807, 2.05) is 40.6 Å². The molecular weight excluding hydrogens is 154 g/mol. The Hall–Kier alpha value is -1.65. The first-order valence-electron chi connectivity index (χ1n) is 3.67. The Kier molecular flexibility index (Phi) is 1.27. The summed E-state index contributed by atoms with van der Waals surface area (Å²) in [7, 11) is 3.90. The molecular formula is C7H11N5. The third-order valence-electron chi connectivity index (χ3n) is 1.81. The van der Waals surface area contributed by atoms with E-state index in [4.69, 9.17) is 5.73 Å². The zero-order valence-corrected chi connectivity index (χ0v) is 7.10. The molecule has 2 N–H and O–H groups in total. The number of hydrogen-bond acceptors (Lipinski definition) is 3. The Balaban J connectivity index is 2.75. The van der Waals surface area contributed by atoms with Gasteiger partial charge >= 0.3 is 0 Å². The normalized spacial score (nSPS) is 10.8. The van der Waals surface area contributed by atoms with E-state index in [2.05, 4.69) is 4.98 Å². The fourth-order valence-corrected chi connectivity index (χ4v) is 1.24. The van der Waals surface area contributed by atoms with E-state index >= 15 is 0 Å². The summed E-state index contributed by atoms with van der Waals surface area (Å²) >= 11 is 0. The molecule has 0 saturated carbocycles. The SMILES string of the molecule is CN(C)n1ccn2cnc(N)c12. The molecule has 5 heteroatoms. The van der Waals surface area contributed by atoms with Crippen LogP contribution in [0, 0.1) is 0 Å². The van der Waals surface area contributed by atoms with Crippen LogP contribution in [0.1, 0.15) is 0 Å². The highest BCUT2D eigenvalue weighted by molar-refractivity contribution is 5.61. The van der Waals surface area contributed by atoms with Crippen LogP contribution in [0.4, 0.5) is 5.82 Å². The van der Waals surface area contributed by atoms with E-state index in [-0.39, 0.29) is 0 Å². The first-order valence-corrected chi connectivity index (χ1v) is 3.67.